The Morgan fingerprint density at radius 3 is 3.00 bits per heavy atom. The highest BCUT2D eigenvalue weighted by atomic mass is 16.2. The standard InChI is InChI=1S/C10H13N3O2/c1-12(8-3-4-8)9(14)7-13-6-2-5-11-10(13)15/h2,5-6,8H,3-4,7H2,1H3. The summed E-state index contributed by atoms with van der Waals surface area (Å²) < 4.78 is 1.32. The fraction of sp³-hybridized carbons (Fsp3) is 0.500. The largest absolute Gasteiger partial charge is 0.347 e. The second-order valence-corrected chi connectivity index (χ2v) is 3.77. The zero-order valence-corrected chi connectivity index (χ0v) is 8.59. The molecule has 1 saturated carbocycles. The fourth-order valence-electron chi connectivity index (χ4n) is 1.43. The number of carbonyl (C=O) groups excluding carboxylic acids is 1. The van der Waals surface area contributed by atoms with Gasteiger partial charge in [-0.25, -0.2) is 9.78 Å². The number of rotatable bonds is 3. The Kier molecular flexibility index (Phi) is 2.53. The first-order valence-corrected chi connectivity index (χ1v) is 4.95. The first-order chi connectivity index (χ1) is 7.18. The molecular formula is C10H13N3O2. The lowest BCUT2D eigenvalue weighted by Gasteiger charge is -2.16. The predicted molar refractivity (Wildman–Crippen MR) is 54.3 cm³/mol. The van der Waals surface area contributed by atoms with Gasteiger partial charge in [0.05, 0.1) is 0 Å². The van der Waals surface area contributed by atoms with E-state index in [2.05, 4.69) is 4.98 Å². The number of aromatic nitrogens is 2. The molecule has 5 heteroatoms. The van der Waals surface area contributed by atoms with Crippen LogP contribution in [0.25, 0.3) is 0 Å². The number of likely N-dealkylation sites (N-methyl/N-ethyl adjacent to an activating group) is 1. The molecule has 0 bridgehead atoms. The molecule has 1 fully saturated rings. The number of nitrogens with zero attached hydrogens (tertiary/aromatic N) is 3. The van der Waals surface area contributed by atoms with Gasteiger partial charge in [0.2, 0.25) is 5.91 Å². The predicted octanol–water partition coefficient (Wildman–Crippen LogP) is -0.136. The van der Waals surface area contributed by atoms with Crippen molar-refractivity contribution in [3.63, 3.8) is 0 Å². The zero-order chi connectivity index (χ0) is 10.8. The van der Waals surface area contributed by atoms with E-state index in [-0.39, 0.29) is 18.1 Å². The van der Waals surface area contributed by atoms with Gasteiger partial charge in [-0.15, -0.1) is 0 Å². The van der Waals surface area contributed by atoms with E-state index in [1.165, 1.54) is 10.8 Å². The van der Waals surface area contributed by atoms with Crippen molar-refractivity contribution in [2.45, 2.75) is 25.4 Å². The Bertz CT molecular complexity index is 423. The van der Waals surface area contributed by atoms with Crippen molar-refractivity contribution in [1.82, 2.24) is 14.5 Å². The van der Waals surface area contributed by atoms with Crippen LogP contribution in [0.1, 0.15) is 12.8 Å². The average molecular weight is 207 g/mol. The summed E-state index contributed by atoms with van der Waals surface area (Å²) in [7, 11) is 1.78. The van der Waals surface area contributed by atoms with Crippen molar-refractivity contribution in [2.24, 2.45) is 0 Å². The van der Waals surface area contributed by atoms with Crippen LogP contribution in [0.3, 0.4) is 0 Å². The SMILES string of the molecule is CN(C(=O)Cn1cccnc1=O)C1CC1. The Balaban J connectivity index is 2.05. The molecule has 0 radical (unpaired) electrons. The van der Waals surface area contributed by atoms with Crippen molar-refractivity contribution >= 4 is 5.91 Å². The lowest BCUT2D eigenvalue weighted by Crippen LogP contribution is -2.35. The highest BCUT2D eigenvalue weighted by Gasteiger charge is 2.29. The lowest BCUT2D eigenvalue weighted by atomic mass is 10.4. The van der Waals surface area contributed by atoms with Crippen LogP contribution in [0.5, 0.6) is 0 Å². The second kappa shape index (κ2) is 3.84. The molecule has 1 aromatic rings. The van der Waals surface area contributed by atoms with E-state index in [1.54, 1.807) is 24.2 Å². The third-order valence-electron chi connectivity index (χ3n) is 2.58. The molecular weight excluding hydrogens is 194 g/mol. The van der Waals surface area contributed by atoms with Gasteiger partial charge in [0.25, 0.3) is 0 Å². The topological polar surface area (TPSA) is 55.2 Å². The Morgan fingerprint density at radius 1 is 1.67 bits per heavy atom. The molecule has 1 aliphatic rings. The molecule has 0 atom stereocenters. The maximum absolute atomic E-state index is 11.7. The molecule has 0 saturated heterocycles. The van der Waals surface area contributed by atoms with Gasteiger partial charge in [-0.2, -0.15) is 0 Å². The molecule has 2 rings (SSSR count). The van der Waals surface area contributed by atoms with E-state index in [0.717, 1.165) is 12.8 Å². The lowest BCUT2D eigenvalue weighted by molar-refractivity contribution is -0.131. The molecule has 0 aliphatic heterocycles. The van der Waals surface area contributed by atoms with Crippen molar-refractivity contribution < 1.29 is 4.79 Å². The van der Waals surface area contributed by atoms with Crippen LogP contribution in [-0.2, 0) is 11.3 Å². The summed E-state index contributed by atoms with van der Waals surface area (Å²) in [6.45, 7) is 0.0830. The third kappa shape index (κ3) is 2.23. The normalized spacial score (nSPS) is 15.0. The summed E-state index contributed by atoms with van der Waals surface area (Å²) in [5.41, 5.74) is -0.380. The Morgan fingerprint density at radius 2 is 2.40 bits per heavy atom. The zero-order valence-electron chi connectivity index (χ0n) is 8.59. The summed E-state index contributed by atoms with van der Waals surface area (Å²) in [5.74, 6) is -0.0346. The molecule has 0 aromatic carbocycles. The minimum absolute atomic E-state index is 0.0346. The molecule has 1 heterocycles. The van der Waals surface area contributed by atoms with E-state index in [9.17, 15) is 9.59 Å². The van der Waals surface area contributed by atoms with Crippen LogP contribution < -0.4 is 5.69 Å². The summed E-state index contributed by atoms with van der Waals surface area (Å²) in [4.78, 5) is 28.2. The third-order valence-corrected chi connectivity index (χ3v) is 2.58. The van der Waals surface area contributed by atoms with Crippen molar-refractivity contribution in [3.05, 3.63) is 28.9 Å². The average Bonchev–Trinajstić information content (AvgIpc) is 3.04. The monoisotopic (exact) mass is 207 g/mol. The first kappa shape index (κ1) is 9.89. The Hall–Kier alpha value is -1.65. The van der Waals surface area contributed by atoms with Gasteiger partial charge >= 0.3 is 5.69 Å². The fourth-order valence-corrected chi connectivity index (χ4v) is 1.43. The molecule has 1 amide bonds. The minimum atomic E-state index is -0.380. The van der Waals surface area contributed by atoms with Crippen LogP contribution in [0.4, 0.5) is 0 Å². The second-order valence-electron chi connectivity index (χ2n) is 3.77. The van der Waals surface area contributed by atoms with Crippen LogP contribution in [0.15, 0.2) is 23.3 Å². The van der Waals surface area contributed by atoms with E-state index >= 15 is 0 Å². The van der Waals surface area contributed by atoms with E-state index < -0.39 is 0 Å². The van der Waals surface area contributed by atoms with Crippen LogP contribution in [-0.4, -0.2) is 33.4 Å². The molecule has 5 nitrogen and oxygen atoms in total. The number of carbonyl (C=O) groups is 1. The van der Waals surface area contributed by atoms with Crippen LogP contribution >= 0.6 is 0 Å². The molecule has 0 N–H and O–H groups in total. The van der Waals surface area contributed by atoms with Gasteiger partial charge in [0, 0.05) is 25.5 Å². The first-order valence-electron chi connectivity index (χ1n) is 4.95. The molecule has 1 aliphatic carbocycles. The van der Waals surface area contributed by atoms with E-state index in [0.29, 0.717) is 6.04 Å². The summed E-state index contributed by atoms with van der Waals surface area (Å²) in [5, 5.41) is 0. The van der Waals surface area contributed by atoms with Gasteiger partial charge in [0.1, 0.15) is 6.54 Å². The van der Waals surface area contributed by atoms with Crippen molar-refractivity contribution in [3.8, 4) is 0 Å². The molecule has 15 heavy (non-hydrogen) atoms. The Labute approximate surface area is 87.3 Å². The highest BCUT2D eigenvalue weighted by molar-refractivity contribution is 5.76. The number of hydrogen-bond donors (Lipinski definition) is 0. The molecule has 0 unspecified atom stereocenters. The molecule has 80 valence electrons. The van der Waals surface area contributed by atoms with E-state index in [1.807, 2.05) is 0 Å². The van der Waals surface area contributed by atoms with Crippen LogP contribution in [0.2, 0.25) is 0 Å². The van der Waals surface area contributed by atoms with Crippen LogP contribution in [0, 0.1) is 0 Å². The number of hydrogen-bond acceptors (Lipinski definition) is 3. The van der Waals surface area contributed by atoms with Crippen molar-refractivity contribution in [1.29, 1.82) is 0 Å². The number of amides is 1. The van der Waals surface area contributed by atoms with Gasteiger partial charge in [0.15, 0.2) is 0 Å². The van der Waals surface area contributed by atoms with E-state index in [4.69, 9.17) is 0 Å². The van der Waals surface area contributed by atoms with Gasteiger partial charge in [-0.05, 0) is 18.9 Å². The van der Waals surface area contributed by atoms with Gasteiger partial charge < -0.3 is 4.90 Å². The smallest absolute Gasteiger partial charge is 0.341 e. The quantitative estimate of drug-likeness (QED) is 0.693. The maximum atomic E-state index is 11.7. The van der Waals surface area contributed by atoms with Crippen molar-refractivity contribution in [2.75, 3.05) is 7.05 Å². The molecule has 1 aromatic heterocycles. The summed E-state index contributed by atoms with van der Waals surface area (Å²) in [6.07, 6.45) is 5.15. The summed E-state index contributed by atoms with van der Waals surface area (Å²) >= 11 is 0. The van der Waals surface area contributed by atoms with Gasteiger partial charge in [-0.1, -0.05) is 0 Å². The highest BCUT2D eigenvalue weighted by Crippen LogP contribution is 2.25. The minimum Gasteiger partial charge on any atom is -0.341 e. The molecule has 0 spiro atoms. The van der Waals surface area contributed by atoms with Gasteiger partial charge in [-0.3, -0.25) is 9.36 Å². The summed E-state index contributed by atoms with van der Waals surface area (Å²) in [6, 6.07) is 2.02. The maximum Gasteiger partial charge on any atom is 0.347 e.